The molecule has 1 aliphatic rings. The molecule has 1 amide bonds. The highest BCUT2D eigenvalue weighted by molar-refractivity contribution is 5.95. The summed E-state index contributed by atoms with van der Waals surface area (Å²) in [6.07, 6.45) is 1.51. The van der Waals surface area contributed by atoms with Crippen molar-refractivity contribution in [2.45, 2.75) is 32.4 Å². The van der Waals surface area contributed by atoms with Gasteiger partial charge in [0.05, 0.1) is 4.92 Å². The van der Waals surface area contributed by atoms with Gasteiger partial charge in [-0.2, -0.15) is 0 Å². The molecule has 7 heteroatoms. The van der Waals surface area contributed by atoms with E-state index in [9.17, 15) is 20.0 Å². The molecule has 1 heterocycles. The first kappa shape index (κ1) is 17.9. The number of nitro groups is 1. The van der Waals surface area contributed by atoms with Crippen LogP contribution in [0, 0.1) is 10.1 Å². The van der Waals surface area contributed by atoms with Crippen LogP contribution in [0.25, 0.3) is 0 Å². The fraction of sp³-hybridized carbons (Fsp3) is 0.316. The fourth-order valence-electron chi connectivity index (χ4n) is 3.08. The predicted molar refractivity (Wildman–Crippen MR) is 98.0 cm³/mol. The average Bonchev–Trinajstić information content (AvgIpc) is 3.06. The van der Waals surface area contributed by atoms with Crippen LogP contribution in [-0.4, -0.2) is 22.5 Å². The number of phenols is 1. The van der Waals surface area contributed by atoms with E-state index in [1.54, 1.807) is 11.0 Å². The Labute approximate surface area is 151 Å². The van der Waals surface area contributed by atoms with Gasteiger partial charge in [0, 0.05) is 37.3 Å². The molecule has 0 aliphatic carbocycles. The van der Waals surface area contributed by atoms with Gasteiger partial charge in [-0.15, -0.1) is 0 Å². The molecule has 0 bridgehead atoms. The van der Waals surface area contributed by atoms with Crippen molar-refractivity contribution in [1.82, 2.24) is 5.32 Å². The second-order valence-corrected chi connectivity index (χ2v) is 6.42. The standard InChI is InChI=1S/C19H21N3O4/c1-13(20-12-14-4-9-18(23)17(11-14)22(25)26)15-5-7-16(8-6-15)21-10-2-3-19(21)24/h4-9,11,13,20,23H,2-3,10,12H2,1H3. The van der Waals surface area contributed by atoms with Crippen LogP contribution in [0.2, 0.25) is 0 Å². The van der Waals surface area contributed by atoms with E-state index in [2.05, 4.69) is 5.32 Å². The first-order valence-corrected chi connectivity index (χ1v) is 8.55. The van der Waals surface area contributed by atoms with Crippen molar-refractivity contribution < 1.29 is 14.8 Å². The number of amides is 1. The molecule has 0 aromatic heterocycles. The maximum absolute atomic E-state index is 11.8. The van der Waals surface area contributed by atoms with Crippen molar-refractivity contribution in [3.63, 3.8) is 0 Å². The Balaban J connectivity index is 1.63. The molecular weight excluding hydrogens is 334 g/mol. The van der Waals surface area contributed by atoms with Crippen molar-refractivity contribution in [1.29, 1.82) is 0 Å². The second kappa shape index (κ2) is 7.53. The lowest BCUT2D eigenvalue weighted by molar-refractivity contribution is -0.385. The number of carbonyl (C=O) groups is 1. The van der Waals surface area contributed by atoms with E-state index in [1.807, 2.05) is 31.2 Å². The molecule has 1 saturated heterocycles. The van der Waals surface area contributed by atoms with Gasteiger partial charge in [-0.1, -0.05) is 18.2 Å². The lowest BCUT2D eigenvalue weighted by atomic mass is 10.1. The van der Waals surface area contributed by atoms with Gasteiger partial charge in [-0.3, -0.25) is 14.9 Å². The first-order chi connectivity index (χ1) is 12.5. The quantitative estimate of drug-likeness (QED) is 0.612. The molecule has 1 aliphatic heterocycles. The minimum absolute atomic E-state index is 0.0335. The summed E-state index contributed by atoms with van der Waals surface area (Å²) >= 11 is 0. The Hall–Kier alpha value is -2.93. The number of nitrogens with zero attached hydrogens (tertiary/aromatic N) is 2. The molecule has 0 saturated carbocycles. The Morgan fingerprint density at radius 2 is 2.00 bits per heavy atom. The van der Waals surface area contributed by atoms with Crippen molar-refractivity contribution in [2.75, 3.05) is 11.4 Å². The first-order valence-electron chi connectivity index (χ1n) is 8.55. The summed E-state index contributed by atoms with van der Waals surface area (Å²) in [6, 6.07) is 12.3. The molecular formula is C19H21N3O4. The number of anilines is 1. The van der Waals surface area contributed by atoms with E-state index in [4.69, 9.17) is 0 Å². The molecule has 136 valence electrons. The van der Waals surface area contributed by atoms with E-state index in [1.165, 1.54) is 12.1 Å². The van der Waals surface area contributed by atoms with Gasteiger partial charge in [0.15, 0.2) is 5.75 Å². The third kappa shape index (κ3) is 3.83. The van der Waals surface area contributed by atoms with Crippen LogP contribution in [0.15, 0.2) is 42.5 Å². The summed E-state index contributed by atoms with van der Waals surface area (Å²) in [4.78, 5) is 23.9. The van der Waals surface area contributed by atoms with Crippen molar-refractivity contribution in [2.24, 2.45) is 0 Å². The van der Waals surface area contributed by atoms with Crippen molar-refractivity contribution >= 4 is 17.3 Å². The van der Waals surface area contributed by atoms with Gasteiger partial charge in [-0.25, -0.2) is 0 Å². The van der Waals surface area contributed by atoms with E-state index >= 15 is 0 Å². The molecule has 1 atom stereocenters. The Morgan fingerprint density at radius 1 is 1.27 bits per heavy atom. The lowest BCUT2D eigenvalue weighted by Crippen LogP contribution is -2.23. The number of nitrogens with one attached hydrogen (secondary N) is 1. The zero-order valence-corrected chi connectivity index (χ0v) is 14.5. The number of rotatable bonds is 6. The molecule has 1 unspecified atom stereocenters. The largest absolute Gasteiger partial charge is 0.502 e. The summed E-state index contributed by atoms with van der Waals surface area (Å²) in [6.45, 7) is 3.21. The van der Waals surface area contributed by atoms with Crippen LogP contribution < -0.4 is 10.2 Å². The molecule has 2 aromatic rings. The van der Waals surface area contributed by atoms with Crippen LogP contribution in [0.4, 0.5) is 11.4 Å². The Bertz CT molecular complexity index is 820. The average molecular weight is 355 g/mol. The smallest absolute Gasteiger partial charge is 0.311 e. The van der Waals surface area contributed by atoms with E-state index in [0.29, 0.717) is 13.0 Å². The summed E-state index contributed by atoms with van der Waals surface area (Å²) < 4.78 is 0. The minimum Gasteiger partial charge on any atom is -0.502 e. The molecule has 3 rings (SSSR count). The van der Waals surface area contributed by atoms with Gasteiger partial charge in [0.1, 0.15) is 0 Å². The summed E-state index contributed by atoms with van der Waals surface area (Å²) in [7, 11) is 0. The molecule has 2 N–H and O–H groups in total. The zero-order chi connectivity index (χ0) is 18.7. The second-order valence-electron chi connectivity index (χ2n) is 6.42. The molecule has 0 radical (unpaired) electrons. The van der Waals surface area contributed by atoms with Gasteiger partial charge in [-0.05, 0) is 42.7 Å². The monoisotopic (exact) mass is 355 g/mol. The van der Waals surface area contributed by atoms with Gasteiger partial charge in [0.2, 0.25) is 5.91 Å². The van der Waals surface area contributed by atoms with Crippen LogP contribution in [0.3, 0.4) is 0 Å². The highest BCUT2D eigenvalue weighted by Gasteiger charge is 2.21. The molecule has 26 heavy (non-hydrogen) atoms. The molecule has 0 spiro atoms. The number of carbonyl (C=O) groups excluding carboxylic acids is 1. The van der Waals surface area contributed by atoms with E-state index in [0.717, 1.165) is 29.8 Å². The third-order valence-electron chi connectivity index (χ3n) is 4.63. The van der Waals surface area contributed by atoms with E-state index < -0.39 is 4.92 Å². The van der Waals surface area contributed by atoms with Gasteiger partial charge >= 0.3 is 5.69 Å². The highest BCUT2D eigenvalue weighted by atomic mass is 16.6. The summed E-state index contributed by atoms with van der Waals surface area (Å²) in [5, 5.41) is 23.7. The van der Waals surface area contributed by atoms with Crippen LogP contribution in [-0.2, 0) is 11.3 Å². The number of aromatic hydroxyl groups is 1. The highest BCUT2D eigenvalue weighted by Crippen LogP contribution is 2.27. The fourth-order valence-corrected chi connectivity index (χ4v) is 3.08. The number of hydrogen-bond donors (Lipinski definition) is 2. The van der Waals surface area contributed by atoms with Crippen LogP contribution in [0.5, 0.6) is 5.75 Å². The van der Waals surface area contributed by atoms with Gasteiger partial charge < -0.3 is 15.3 Å². The molecule has 2 aromatic carbocycles. The van der Waals surface area contributed by atoms with Crippen LogP contribution >= 0.6 is 0 Å². The number of hydrogen-bond acceptors (Lipinski definition) is 5. The maximum atomic E-state index is 11.8. The molecule has 7 nitrogen and oxygen atoms in total. The maximum Gasteiger partial charge on any atom is 0.311 e. The lowest BCUT2D eigenvalue weighted by Gasteiger charge is -2.18. The number of phenolic OH excluding ortho intramolecular Hbond substituents is 1. The van der Waals surface area contributed by atoms with Crippen molar-refractivity contribution in [3.05, 3.63) is 63.7 Å². The molecule has 1 fully saturated rings. The Kier molecular flexibility index (Phi) is 5.18. The summed E-state index contributed by atoms with van der Waals surface area (Å²) in [5.41, 5.74) is 2.41. The third-order valence-corrected chi connectivity index (χ3v) is 4.63. The minimum atomic E-state index is -0.597. The predicted octanol–water partition coefficient (Wildman–Crippen LogP) is 3.28. The SMILES string of the molecule is CC(NCc1ccc(O)c([N+](=O)[O-])c1)c1ccc(N2CCCC2=O)cc1. The number of nitro benzene ring substituents is 1. The zero-order valence-electron chi connectivity index (χ0n) is 14.5. The van der Waals surface area contributed by atoms with Gasteiger partial charge in [0.25, 0.3) is 0 Å². The van der Waals surface area contributed by atoms with E-state index in [-0.39, 0.29) is 23.4 Å². The number of benzene rings is 2. The normalized spacial score (nSPS) is 15.3. The van der Waals surface area contributed by atoms with Crippen molar-refractivity contribution in [3.8, 4) is 5.75 Å². The summed E-state index contributed by atoms with van der Waals surface area (Å²) in [5.74, 6) is -0.170. The Morgan fingerprint density at radius 3 is 2.62 bits per heavy atom. The topological polar surface area (TPSA) is 95.7 Å². The van der Waals surface area contributed by atoms with Crippen LogP contribution in [0.1, 0.15) is 36.9 Å².